The van der Waals surface area contributed by atoms with Crippen LogP contribution in [0.15, 0.2) is 126 Å². The Balaban J connectivity index is 0. The maximum Gasteiger partial charge on any atom is 0.386 e. The Hall–Kier alpha value is -8.72. The first-order chi connectivity index (χ1) is 50.0. The summed E-state index contributed by atoms with van der Waals surface area (Å²) < 4.78 is 72.9. The summed E-state index contributed by atoms with van der Waals surface area (Å²) >= 11 is 0. The lowest BCUT2D eigenvalue weighted by Crippen LogP contribution is -2.45. The average molecular weight is 1610 g/mol. The molecule has 0 bridgehead atoms. The molecule has 8 atom stereocenters. The van der Waals surface area contributed by atoms with Gasteiger partial charge in [0.05, 0.1) is 7.11 Å². The van der Waals surface area contributed by atoms with Crippen molar-refractivity contribution in [2.24, 2.45) is 22.2 Å². The third kappa shape index (κ3) is 35.1. The van der Waals surface area contributed by atoms with Gasteiger partial charge in [-0.3, -0.25) is 28.8 Å². The van der Waals surface area contributed by atoms with Gasteiger partial charge in [0.15, 0.2) is 18.5 Å². The summed E-state index contributed by atoms with van der Waals surface area (Å²) in [5.74, 6) is -2.99. The number of hydrogen-bond donors (Lipinski definition) is 7. The van der Waals surface area contributed by atoms with Crippen LogP contribution < -0.4 is 22.5 Å². The fourth-order valence-electron chi connectivity index (χ4n) is 11.4. The van der Waals surface area contributed by atoms with Crippen molar-refractivity contribution in [3.8, 4) is 0 Å². The number of aldehydes is 1. The second kappa shape index (κ2) is 56.5. The van der Waals surface area contributed by atoms with Crippen molar-refractivity contribution in [3.05, 3.63) is 201 Å². The fourth-order valence-corrected chi connectivity index (χ4v) is 11.4. The molecule has 12 rings (SSSR count). The van der Waals surface area contributed by atoms with Crippen LogP contribution in [0.2, 0.25) is 0 Å². The highest BCUT2D eigenvalue weighted by Crippen LogP contribution is 2.30. The predicted octanol–water partition coefficient (Wildman–Crippen LogP) is 10.1. The Labute approximate surface area is 662 Å². The largest absolute Gasteiger partial charge is 0.473 e. The Bertz CT molecular complexity index is 3360. The number of rotatable bonds is 14. The zero-order valence-corrected chi connectivity index (χ0v) is 62.1. The molecule has 0 spiro atoms. The maximum absolute atomic E-state index is 12.9. The number of aliphatic imine (C=N–C) groups is 1. The molecule has 5 aromatic rings. The number of amides is 5. The van der Waals surface area contributed by atoms with E-state index in [1.165, 1.54) is 149 Å². The van der Waals surface area contributed by atoms with E-state index in [1.54, 1.807) is 31.7 Å². The first kappa shape index (κ1) is 103. The van der Waals surface area contributed by atoms with Gasteiger partial charge in [-0.05, 0) is 185 Å². The number of nitrogens with zero attached hydrogens (tertiary/aromatic N) is 8. The van der Waals surface area contributed by atoms with Crippen LogP contribution in [0.3, 0.4) is 0 Å². The van der Waals surface area contributed by atoms with Crippen molar-refractivity contribution in [1.82, 2.24) is 29.8 Å². The number of benzene rings is 5. The fraction of sp³-hybridized carbons (Fsp3) is 0.487. The summed E-state index contributed by atoms with van der Waals surface area (Å²) in [6.45, 7) is 22.5. The van der Waals surface area contributed by atoms with Crippen LogP contribution in [-0.2, 0) is 38.2 Å². The van der Waals surface area contributed by atoms with Gasteiger partial charge >= 0.3 is 18.4 Å². The monoisotopic (exact) mass is 1610 g/mol. The third-order valence-electron chi connectivity index (χ3n) is 17.4. The first-order valence-electron chi connectivity index (χ1n) is 34.6. The van der Waals surface area contributed by atoms with Crippen LogP contribution in [0.4, 0.5) is 22.0 Å². The molecule has 110 heavy (non-hydrogen) atoms. The zero-order valence-electron chi connectivity index (χ0n) is 59.6. The Morgan fingerprint density at radius 1 is 0.491 bits per heavy atom. The number of methoxy groups -OCH3 is 1. The molecule has 32 heteroatoms. The zero-order chi connectivity index (χ0) is 75.9. The summed E-state index contributed by atoms with van der Waals surface area (Å²) in [6, 6.07) is 24.0. The lowest BCUT2D eigenvalue weighted by atomic mass is 10.0. The van der Waals surface area contributed by atoms with Crippen LogP contribution in [-0.4, -0.2) is 211 Å². The molecule has 6 saturated heterocycles. The molecule has 5 aromatic carbocycles. The van der Waals surface area contributed by atoms with Gasteiger partial charge in [-0.25, -0.2) is 44.9 Å². The number of likely N-dealkylation sites (tertiary alicyclic amines) is 5. The SMILES string of the molecule is C.C.C.C1CCNC1.Cl.Cl.Cl.NC(C(=O)N1CCCC1)C(O)c1ccc(F)cc1.NC(C(=O)N1CCCC1)C(O)c1ccc(F)cc1.N[C@@H](C(=O)N1CCCC1)[C@@H](O)c1ccc(F)cc1.O=C([C@H]1N=CO[C@@H]1c1ccc(F)cc1)N1CCCC1.O=Cc1ccc(F)cc1.[C-]#[N+]CC(=O)N1CCCC1.[C-]#[N+]CC(=O)OC. The van der Waals surface area contributed by atoms with Gasteiger partial charge in [0.1, 0.15) is 71.8 Å². The molecule has 24 nitrogen and oxygen atoms in total. The van der Waals surface area contributed by atoms with Crippen molar-refractivity contribution in [1.29, 1.82) is 0 Å². The second-order valence-corrected chi connectivity index (χ2v) is 24.9. The number of nitrogens with one attached hydrogen (secondary N) is 1. The molecule has 4 unspecified atom stereocenters. The molecule has 0 aromatic heterocycles. The molecule has 10 N–H and O–H groups in total. The number of aliphatic hydroxyl groups excluding tert-OH is 3. The number of halogens is 8. The topological polar surface area (TPSA) is 326 Å². The molecule has 7 aliphatic rings. The quantitative estimate of drug-likeness (QED) is 0.0235. The Kier molecular flexibility index (Phi) is 53.1. The van der Waals surface area contributed by atoms with E-state index in [-0.39, 0.29) is 131 Å². The molecule has 7 aliphatic heterocycles. The van der Waals surface area contributed by atoms with Gasteiger partial charge in [0, 0.05) is 71.0 Å². The van der Waals surface area contributed by atoms with Crippen molar-refractivity contribution < 1.29 is 80.3 Å². The minimum atomic E-state index is -1.10. The summed E-state index contributed by atoms with van der Waals surface area (Å²) in [7, 11) is 1.26. The molecular weight excluding hydrogens is 1500 g/mol. The van der Waals surface area contributed by atoms with Crippen molar-refractivity contribution in [2.75, 3.05) is 98.7 Å². The van der Waals surface area contributed by atoms with Gasteiger partial charge in [-0.2, -0.15) is 0 Å². The molecule has 7 heterocycles. The van der Waals surface area contributed by atoms with Gasteiger partial charge in [-0.15, -0.1) is 37.2 Å². The van der Waals surface area contributed by atoms with Gasteiger partial charge < -0.3 is 81.5 Å². The number of hydrogen-bond acceptors (Lipinski definition) is 17. The van der Waals surface area contributed by atoms with Gasteiger partial charge in [-0.1, -0.05) is 70.8 Å². The minimum absolute atomic E-state index is 0. The van der Waals surface area contributed by atoms with Crippen molar-refractivity contribution in [2.45, 2.75) is 148 Å². The van der Waals surface area contributed by atoms with E-state index in [1.807, 2.05) is 4.90 Å². The van der Waals surface area contributed by atoms with E-state index < -0.39 is 54.6 Å². The number of esters is 1. The van der Waals surface area contributed by atoms with E-state index >= 15 is 0 Å². The standard InChI is InChI=1S/C14H15FN2O2.3C13H17FN2O2.C7H5FO.C7H10N2O.C4H5NO2.C4H9N.3CH4.3ClH/c15-11-5-3-10(4-6-11)13-12(16-9-19-13)14(18)17-7-1-2-8-17;3*14-10-5-3-9(4-6-10)12(17)11(15)13(18)16-7-1-2-8-16;8-7-3-1-6(5-9)2-4-7;1-8-6-7(10)9-4-2-3-5-9;1-5-3-4(6)7-2;1-2-4-5-3-1;;;;;;/h3-6,9,12-13H,1-2,7-8H2;3*3-6,11-12,17H,1-2,7-8,15H2;1-5H;2-6H2;3H2,2H3;5H,1-4H2;3*1H4;3*1H/t12-,13+;11-,12+;;;;;;;;;;;;/m01............/s1. The number of carbonyl (C=O) groups is 7. The molecule has 610 valence electrons. The van der Waals surface area contributed by atoms with E-state index in [0.29, 0.717) is 67.8 Å². The van der Waals surface area contributed by atoms with E-state index in [9.17, 15) is 70.8 Å². The van der Waals surface area contributed by atoms with Crippen molar-refractivity contribution in [3.63, 3.8) is 0 Å². The second-order valence-electron chi connectivity index (χ2n) is 24.9. The smallest absolute Gasteiger partial charge is 0.386 e. The lowest BCUT2D eigenvalue weighted by Gasteiger charge is -2.24. The lowest BCUT2D eigenvalue weighted by molar-refractivity contribution is -0.138. The average Bonchev–Trinajstić information content (AvgIpc) is 1.65. The number of nitrogens with two attached hydrogens (primary N) is 3. The van der Waals surface area contributed by atoms with E-state index in [0.717, 1.165) is 96.0 Å². The highest BCUT2D eigenvalue weighted by atomic mass is 35.5. The number of ether oxygens (including phenoxy) is 2. The molecule has 0 radical (unpaired) electrons. The normalized spacial score (nSPS) is 17.4. The summed E-state index contributed by atoms with van der Waals surface area (Å²) in [4.78, 5) is 97.8. The van der Waals surface area contributed by atoms with Gasteiger partial charge in [0.2, 0.25) is 17.7 Å². The van der Waals surface area contributed by atoms with Crippen LogP contribution in [0, 0.1) is 42.2 Å². The molecule has 0 saturated carbocycles. The third-order valence-corrected chi connectivity index (χ3v) is 17.4. The summed E-state index contributed by atoms with van der Waals surface area (Å²) in [6.07, 6.45) is 11.2. The van der Waals surface area contributed by atoms with E-state index in [2.05, 4.69) is 24.7 Å². The van der Waals surface area contributed by atoms with Crippen molar-refractivity contribution >= 4 is 85.4 Å². The number of carbonyl (C=O) groups excluding carboxylic acids is 7. The van der Waals surface area contributed by atoms with Crippen LogP contribution >= 0.6 is 37.2 Å². The Morgan fingerprint density at radius 2 is 0.782 bits per heavy atom. The van der Waals surface area contributed by atoms with Crippen LogP contribution in [0.1, 0.15) is 156 Å². The predicted molar refractivity (Wildman–Crippen MR) is 420 cm³/mol. The minimum Gasteiger partial charge on any atom is -0.473 e. The van der Waals surface area contributed by atoms with E-state index in [4.69, 9.17) is 35.1 Å². The summed E-state index contributed by atoms with van der Waals surface area (Å²) in [5.41, 5.74) is 20.0. The highest BCUT2D eigenvalue weighted by molar-refractivity contribution is 5.87. The maximum atomic E-state index is 12.9. The van der Waals surface area contributed by atoms with Crippen LogP contribution in [0.5, 0.6) is 0 Å². The molecule has 0 aliphatic carbocycles. The molecule has 6 fully saturated rings. The Morgan fingerprint density at radius 3 is 1.05 bits per heavy atom. The first-order valence-corrected chi connectivity index (χ1v) is 34.6. The van der Waals surface area contributed by atoms with Crippen LogP contribution in [0.25, 0.3) is 9.69 Å². The number of aliphatic hydroxyl groups is 3. The summed E-state index contributed by atoms with van der Waals surface area (Å²) in [5, 5.41) is 33.3. The highest BCUT2D eigenvalue weighted by Gasteiger charge is 2.38. The molecular formula is C78H110Cl3F5N12O12. The van der Waals surface area contributed by atoms with Gasteiger partial charge in [0.25, 0.3) is 12.5 Å². The molecule has 5 amide bonds.